The molecule has 0 bridgehead atoms. The smallest absolute Gasteiger partial charge is 0.250 e. The summed E-state index contributed by atoms with van der Waals surface area (Å²) >= 11 is 0. The van der Waals surface area contributed by atoms with E-state index in [0.29, 0.717) is 18.9 Å². The van der Waals surface area contributed by atoms with Crippen molar-refractivity contribution in [3.05, 3.63) is 48.6 Å². The number of benzene rings is 1. The molecule has 0 aliphatic rings. The summed E-state index contributed by atoms with van der Waals surface area (Å²) in [6.45, 7) is 0. The van der Waals surface area contributed by atoms with E-state index in [0.717, 1.165) is 23.5 Å². The molecule has 0 radical (unpaired) electrons. The molecule has 0 aliphatic heterocycles. The molecule has 6 nitrogen and oxygen atoms in total. The Morgan fingerprint density at radius 1 is 0.783 bits per heavy atom. The van der Waals surface area contributed by atoms with Crippen LogP contribution in [0.15, 0.2) is 48.6 Å². The van der Waals surface area contributed by atoms with Gasteiger partial charge >= 0.3 is 0 Å². The van der Waals surface area contributed by atoms with Gasteiger partial charge in [-0.25, -0.2) is 0 Å². The highest BCUT2D eigenvalue weighted by molar-refractivity contribution is 6.02. The zero-order valence-electron chi connectivity index (χ0n) is 13.4. The number of carbonyl (C=O) groups is 4. The highest BCUT2D eigenvalue weighted by atomic mass is 16.2. The van der Waals surface area contributed by atoms with Crippen molar-refractivity contribution >= 4 is 36.1 Å². The van der Waals surface area contributed by atoms with E-state index in [4.69, 9.17) is 0 Å². The molecular weight excluding hydrogens is 296 g/mol. The SMILES string of the molecule is CN(C)c1ccc(N(C)C(=O)/C=C\C=O)cc1.O=C/C=C\C=O. The standard InChI is InChI=1S/C13H16N2O2.C4H4O2/c1-14(2)11-6-8-12(9-7-11)15(3)13(17)5-4-10-16;5-3-1-2-4-6/h4-10H,1-3H3;1-4H/b5-4-;2-1-. The van der Waals surface area contributed by atoms with Gasteiger partial charge in [-0.2, -0.15) is 0 Å². The lowest BCUT2D eigenvalue weighted by molar-refractivity contribution is -0.114. The Bertz CT molecular complexity index is 565. The van der Waals surface area contributed by atoms with Crippen LogP contribution < -0.4 is 9.80 Å². The van der Waals surface area contributed by atoms with Gasteiger partial charge in [0.15, 0.2) is 0 Å². The van der Waals surface area contributed by atoms with E-state index in [9.17, 15) is 19.2 Å². The van der Waals surface area contributed by atoms with Crippen molar-refractivity contribution in [3.8, 4) is 0 Å². The van der Waals surface area contributed by atoms with Gasteiger partial charge in [0.05, 0.1) is 0 Å². The van der Waals surface area contributed by atoms with Crippen molar-refractivity contribution in [1.29, 1.82) is 0 Å². The number of rotatable bonds is 6. The lowest BCUT2D eigenvalue weighted by Crippen LogP contribution is -2.24. The fraction of sp³-hybridized carbons (Fsp3) is 0.176. The Balaban J connectivity index is 0.000000688. The molecule has 23 heavy (non-hydrogen) atoms. The summed E-state index contributed by atoms with van der Waals surface area (Å²) in [6.07, 6.45) is 6.38. The Morgan fingerprint density at radius 2 is 1.22 bits per heavy atom. The average molecular weight is 316 g/mol. The average Bonchev–Trinajstić information content (AvgIpc) is 2.57. The molecule has 0 aromatic heterocycles. The molecule has 0 heterocycles. The summed E-state index contributed by atoms with van der Waals surface area (Å²) in [7, 11) is 5.58. The van der Waals surface area contributed by atoms with Crippen LogP contribution in [0.25, 0.3) is 0 Å². The molecule has 0 N–H and O–H groups in total. The fourth-order valence-corrected chi connectivity index (χ4v) is 1.43. The molecule has 0 atom stereocenters. The van der Waals surface area contributed by atoms with Crippen molar-refractivity contribution in [2.24, 2.45) is 0 Å². The second-order valence-electron chi connectivity index (χ2n) is 4.46. The largest absolute Gasteiger partial charge is 0.378 e. The molecule has 0 fully saturated rings. The van der Waals surface area contributed by atoms with Crippen molar-refractivity contribution in [2.75, 3.05) is 30.9 Å². The molecule has 1 aromatic carbocycles. The van der Waals surface area contributed by atoms with Gasteiger partial charge in [0.2, 0.25) is 0 Å². The minimum Gasteiger partial charge on any atom is -0.378 e. The van der Waals surface area contributed by atoms with E-state index < -0.39 is 0 Å². The third-order valence-corrected chi connectivity index (χ3v) is 2.67. The minimum absolute atomic E-state index is 0.227. The van der Waals surface area contributed by atoms with Gasteiger partial charge in [0.25, 0.3) is 5.91 Å². The van der Waals surface area contributed by atoms with E-state index >= 15 is 0 Å². The molecule has 0 saturated carbocycles. The zero-order chi connectivity index (χ0) is 17.7. The highest BCUT2D eigenvalue weighted by Crippen LogP contribution is 2.18. The van der Waals surface area contributed by atoms with Crippen LogP contribution in [0.4, 0.5) is 11.4 Å². The summed E-state index contributed by atoms with van der Waals surface area (Å²) in [5, 5.41) is 0. The molecule has 6 heteroatoms. The van der Waals surface area contributed by atoms with Crippen molar-refractivity contribution in [3.63, 3.8) is 0 Å². The van der Waals surface area contributed by atoms with Crippen LogP contribution in [0.3, 0.4) is 0 Å². The molecule has 0 aliphatic carbocycles. The Morgan fingerprint density at radius 3 is 1.61 bits per heavy atom. The first-order valence-electron chi connectivity index (χ1n) is 6.70. The van der Waals surface area contributed by atoms with Crippen LogP contribution in [0.1, 0.15) is 0 Å². The number of anilines is 2. The second-order valence-corrected chi connectivity index (χ2v) is 4.46. The van der Waals surface area contributed by atoms with Crippen LogP contribution in [0, 0.1) is 0 Å². The highest BCUT2D eigenvalue weighted by Gasteiger charge is 2.07. The summed E-state index contributed by atoms with van der Waals surface area (Å²) in [6, 6.07) is 7.59. The van der Waals surface area contributed by atoms with Crippen LogP contribution in [0.2, 0.25) is 0 Å². The van der Waals surface area contributed by atoms with Gasteiger partial charge in [0, 0.05) is 38.6 Å². The normalized spacial score (nSPS) is 9.87. The van der Waals surface area contributed by atoms with Gasteiger partial charge < -0.3 is 9.80 Å². The fourth-order valence-electron chi connectivity index (χ4n) is 1.43. The summed E-state index contributed by atoms with van der Waals surface area (Å²) < 4.78 is 0. The summed E-state index contributed by atoms with van der Waals surface area (Å²) in [4.78, 5) is 43.8. The molecule has 1 amide bonds. The Kier molecular flexibility index (Phi) is 10.1. The molecule has 0 unspecified atom stereocenters. The first-order valence-corrected chi connectivity index (χ1v) is 6.70. The number of nitrogens with zero attached hydrogens (tertiary/aromatic N) is 2. The van der Waals surface area contributed by atoms with Crippen molar-refractivity contribution in [2.45, 2.75) is 0 Å². The van der Waals surface area contributed by atoms with E-state index in [1.807, 2.05) is 43.3 Å². The molecule has 1 aromatic rings. The third kappa shape index (κ3) is 8.11. The van der Waals surface area contributed by atoms with Crippen molar-refractivity contribution < 1.29 is 19.2 Å². The number of allylic oxidation sites excluding steroid dienone is 3. The lowest BCUT2D eigenvalue weighted by Gasteiger charge is -2.17. The monoisotopic (exact) mass is 316 g/mol. The zero-order valence-corrected chi connectivity index (χ0v) is 13.4. The van der Waals surface area contributed by atoms with Crippen LogP contribution >= 0.6 is 0 Å². The molecular formula is C17H20N2O4. The van der Waals surface area contributed by atoms with E-state index in [-0.39, 0.29) is 5.91 Å². The van der Waals surface area contributed by atoms with Gasteiger partial charge in [-0.15, -0.1) is 0 Å². The van der Waals surface area contributed by atoms with E-state index in [2.05, 4.69) is 0 Å². The third-order valence-electron chi connectivity index (χ3n) is 2.67. The number of amides is 1. The summed E-state index contributed by atoms with van der Waals surface area (Å²) in [5.74, 6) is -0.227. The van der Waals surface area contributed by atoms with Gasteiger partial charge in [-0.05, 0) is 42.5 Å². The number of hydrogen-bond acceptors (Lipinski definition) is 5. The van der Waals surface area contributed by atoms with Gasteiger partial charge in [-0.3, -0.25) is 19.2 Å². The van der Waals surface area contributed by atoms with Crippen LogP contribution in [-0.4, -0.2) is 45.9 Å². The first-order chi connectivity index (χ1) is 11.0. The van der Waals surface area contributed by atoms with E-state index in [1.165, 1.54) is 17.1 Å². The number of carbonyl (C=O) groups excluding carboxylic acids is 4. The maximum Gasteiger partial charge on any atom is 0.250 e. The van der Waals surface area contributed by atoms with Crippen LogP contribution in [-0.2, 0) is 19.2 Å². The Hall–Kier alpha value is -3.02. The van der Waals surface area contributed by atoms with Gasteiger partial charge in [0.1, 0.15) is 18.9 Å². The predicted molar refractivity (Wildman–Crippen MR) is 90.7 cm³/mol. The Labute approximate surface area is 135 Å². The van der Waals surface area contributed by atoms with Crippen molar-refractivity contribution in [1.82, 2.24) is 0 Å². The molecule has 122 valence electrons. The quantitative estimate of drug-likeness (QED) is 0.586. The number of aldehydes is 3. The maximum atomic E-state index is 11.6. The lowest BCUT2D eigenvalue weighted by atomic mass is 10.2. The maximum absolute atomic E-state index is 11.6. The van der Waals surface area contributed by atoms with E-state index in [1.54, 1.807) is 7.05 Å². The first kappa shape index (κ1) is 20.0. The summed E-state index contributed by atoms with van der Waals surface area (Å²) in [5.41, 5.74) is 1.86. The number of likely N-dealkylation sites (N-methyl/N-ethyl adjacent to an activating group) is 1. The van der Waals surface area contributed by atoms with Gasteiger partial charge in [-0.1, -0.05) is 0 Å². The number of hydrogen-bond donors (Lipinski definition) is 0. The molecule has 1 rings (SSSR count). The van der Waals surface area contributed by atoms with Crippen LogP contribution in [0.5, 0.6) is 0 Å². The minimum atomic E-state index is -0.227. The molecule has 0 spiro atoms. The molecule has 0 saturated heterocycles. The second kappa shape index (κ2) is 11.6. The predicted octanol–water partition coefficient (Wildman–Crippen LogP) is 1.41. The topological polar surface area (TPSA) is 74.8 Å².